The summed E-state index contributed by atoms with van der Waals surface area (Å²) in [5, 5.41) is 19.7. The standard InChI is InChI=1S/C11H10N4O2S/c1-7-10(17)15(11(18)14-13-7)12-6-8-4-2-3-5-9(8)16/h2-6,16H,1H3,(H,14,18)/b12-6-. The van der Waals surface area contributed by atoms with Crippen molar-refractivity contribution >= 4 is 18.4 Å². The molecule has 0 aliphatic carbocycles. The molecule has 7 heteroatoms. The molecule has 0 spiro atoms. The number of hydrogen-bond donors (Lipinski definition) is 2. The van der Waals surface area contributed by atoms with Gasteiger partial charge < -0.3 is 5.11 Å². The molecule has 18 heavy (non-hydrogen) atoms. The van der Waals surface area contributed by atoms with Crippen LogP contribution >= 0.6 is 12.2 Å². The van der Waals surface area contributed by atoms with E-state index in [0.29, 0.717) is 5.56 Å². The van der Waals surface area contributed by atoms with Crippen LogP contribution in [0.5, 0.6) is 5.75 Å². The van der Waals surface area contributed by atoms with Crippen LogP contribution in [0.2, 0.25) is 0 Å². The molecule has 2 N–H and O–H groups in total. The third-order valence-corrected chi connectivity index (χ3v) is 2.53. The lowest BCUT2D eigenvalue weighted by Crippen LogP contribution is -2.22. The Bertz CT molecular complexity index is 717. The molecule has 0 fully saturated rings. The first kappa shape index (κ1) is 12.2. The van der Waals surface area contributed by atoms with E-state index >= 15 is 0 Å². The topological polar surface area (TPSA) is 83.3 Å². The van der Waals surface area contributed by atoms with Gasteiger partial charge in [-0.3, -0.25) is 9.89 Å². The van der Waals surface area contributed by atoms with Gasteiger partial charge in [-0.15, -0.1) is 0 Å². The maximum Gasteiger partial charge on any atom is 0.296 e. The van der Waals surface area contributed by atoms with E-state index in [9.17, 15) is 9.90 Å². The van der Waals surface area contributed by atoms with Gasteiger partial charge in [0.05, 0.1) is 6.21 Å². The molecule has 2 rings (SSSR count). The maximum atomic E-state index is 11.7. The Balaban J connectivity index is 2.48. The van der Waals surface area contributed by atoms with Crippen molar-refractivity contribution in [2.24, 2.45) is 5.10 Å². The first-order chi connectivity index (χ1) is 8.59. The van der Waals surface area contributed by atoms with Gasteiger partial charge in [-0.25, -0.2) is 0 Å². The summed E-state index contributed by atoms with van der Waals surface area (Å²) < 4.78 is 1.11. The third kappa shape index (κ3) is 2.35. The lowest BCUT2D eigenvalue weighted by molar-refractivity contribution is 0.474. The molecule has 0 bridgehead atoms. The Morgan fingerprint density at radius 3 is 2.94 bits per heavy atom. The number of hydrogen-bond acceptors (Lipinski definition) is 5. The predicted octanol–water partition coefficient (Wildman–Crippen LogP) is 1.20. The van der Waals surface area contributed by atoms with Crippen LogP contribution in [-0.4, -0.2) is 26.2 Å². The summed E-state index contributed by atoms with van der Waals surface area (Å²) in [6, 6.07) is 6.65. The van der Waals surface area contributed by atoms with Crippen LogP contribution in [0.1, 0.15) is 11.3 Å². The second kappa shape index (κ2) is 4.92. The lowest BCUT2D eigenvalue weighted by Gasteiger charge is -2.00. The minimum Gasteiger partial charge on any atom is -0.507 e. The number of H-pyrrole nitrogens is 1. The Kier molecular flexibility index (Phi) is 3.33. The largest absolute Gasteiger partial charge is 0.507 e. The number of para-hydroxylation sites is 1. The van der Waals surface area contributed by atoms with E-state index in [2.05, 4.69) is 15.3 Å². The number of aromatic hydroxyl groups is 1. The van der Waals surface area contributed by atoms with Crippen molar-refractivity contribution in [3.63, 3.8) is 0 Å². The van der Waals surface area contributed by atoms with Gasteiger partial charge in [0.25, 0.3) is 5.56 Å². The molecule has 6 nitrogen and oxygen atoms in total. The van der Waals surface area contributed by atoms with E-state index in [1.807, 2.05) is 0 Å². The molecule has 92 valence electrons. The van der Waals surface area contributed by atoms with Crippen LogP contribution in [0, 0.1) is 11.7 Å². The van der Waals surface area contributed by atoms with E-state index in [-0.39, 0.29) is 16.2 Å². The Morgan fingerprint density at radius 2 is 2.22 bits per heavy atom. The van der Waals surface area contributed by atoms with Gasteiger partial charge in [-0.1, -0.05) is 12.1 Å². The van der Waals surface area contributed by atoms with Crippen LogP contribution < -0.4 is 5.56 Å². The van der Waals surface area contributed by atoms with Crippen molar-refractivity contribution in [1.29, 1.82) is 0 Å². The van der Waals surface area contributed by atoms with Gasteiger partial charge in [-0.2, -0.15) is 14.9 Å². The van der Waals surface area contributed by atoms with Gasteiger partial charge in [0.2, 0.25) is 4.77 Å². The lowest BCUT2D eigenvalue weighted by atomic mass is 10.2. The summed E-state index contributed by atoms with van der Waals surface area (Å²) in [5.41, 5.74) is 0.358. The molecule has 0 saturated carbocycles. The zero-order valence-corrected chi connectivity index (χ0v) is 10.3. The molecular formula is C11H10N4O2S. The quantitative estimate of drug-likeness (QED) is 0.629. The number of aryl methyl sites for hydroxylation is 1. The number of phenolic OH excluding ortho intramolecular Hbond substituents is 1. The highest BCUT2D eigenvalue weighted by molar-refractivity contribution is 7.71. The van der Waals surface area contributed by atoms with E-state index in [4.69, 9.17) is 12.2 Å². The number of phenols is 1. The van der Waals surface area contributed by atoms with Crippen molar-refractivity contribution in [3.05, 3.63) is 50.6 Å². The van der Waals surface area contributed by atoms with Gasteiger partial charge in [0.1, 0.15) is 11.4 Å². The minimum absolute atomic E-state index is 0.0787. The highest BCUT2D eigenvalue weighted by atomic mass is 32.1. The summed E-state index contributed by atoms with van der Waals surface area (Å²) in [6.07, 6.45) is 1.36. The summed E-state index contributed by atoms with van der Waals surface area (Å²) in [7, 11) is 0. The fraction of sp³-hybridized carbons (Fsp3) is 0.0909. The minimum atomic E-state index is -0.398. The third-order valence-electron chi connectivity index (χ3n) is 2.26. The number of nitrogens with zero attached hydrogens (tertiary/aromatic N) is 3. The molecule has 1 aromatic carbocycles. The van der Waals surface area contributed by atoms with Crippen LogP contribution in [-0.2, 0) is 0 Å². The summed E-state index contributed by atoms with van der Waals surface area (Å²) in [5.74, 6) is 0.0787. The molecule has 0 saturated heterocycles. The van der Waals surface area contributed by atoms with Crippen LogP contribution in [0.4, 0.5) is 0 Å². The maximum absolute atomic E-state index is 11.7. The number of benzene rings is 1. The Morgan fingerprint density at radius 1 is 1.50 bits per heavy atom. The van der Waals surface area contributed by atoms with Crippen LogP contribution in [0.25, 0.3) is 0 Å². The molecule has 1 heterocycles. The fourth-order valence-corrected chi connectivity index (χ4v) is 1.47. The van der Waals surface area contributed by atoms with Gasteiger partial charge in [-0.05, 0) is 31.3 Å². The van der Waals surface area contributed by atoms with Gasteiger partial charge in [0, 0.05) is 5.56 Å². The SMILES string of the molecule is Cc1n[nH]c(=S)n(/N=C\c2ccccc2O)c1=O. The molecular weight excluding hydrogens is 252 g/mol. The van der Waals surface area contributed by atoms with Crippen molar-refractivity contribution < 1.29 is 5.11 Å². The predicted molar refractivity (Wildman–Crippen MR) is 69.5 cm³/mol. The van der Waals surface area contributed by atoms with E-state index in [1.165, 1.54) is 12.3 Å². The summed E-state index contributed by atoms with van der Waals surface area (Å²) in [4.78, 5) is 11.7. The number of nitrogens with one attached hydrogen (secondary N) is 1. The number of rotatable bonds is 2. The zero-order valence-electron chi connectivity index (χ0n) is 9.49. The normalized spacial score (nSPS) is 10.9. The Labute approximate surface area is 107 Å². The molecule has 0 aliphatic heterocycles. The zero-order chi connectivity index (χ0) is 13.1. The van der Waals surface area contributed by atoms with E-state index in [1.54, 1.807) is 25.1 Å². The van der Waals surface area contributed by atoms with Crippen molar-refractivity contribution in [3.8, 4) is 5.75 Å². The molecule has 0 aliphatic rings. The number of aromatic nitrogens is 3. The van der Waals surface area contributed by atoms with Crippen molar-refractivity contribution in [2.45, 2.75) is 6.92 Å². The van der Waals surface area contributed by atoms with Crippen LogP contribution in [0.3, 0.4) is 0 Å². The van der Waals surface area contributed by atoms with Crippen molar-refractivity contribution in [2.75, 3.05) is 0 Å². The second-order valence-electron chi connectivity index (χ2n) is 3.53. The van der Waals surface area contributed by atoms with Crippen LogP contribution in [0.15, 0.2) is 34.2 Å². The smallest absolute Gasteiger partial charge is 0.296 e. The molecule has 0 unspecified atom stereocenters. The molecule has 1 aromatic heterocycles. The van der Waals surface area contributed by atoms with Crippen molar-refractivity contribution in [1.82, 2.24) is 14.9 Å². The Hall–Kier alpha value is -2.28. The summed E-state index contributed by atoms with van der Waals surface area (Å²) in [6.45, 7) is 1.56. The highest BCUT2D eigenvalue weighted by Gasteiger charge is 2.01. The first-order valence-electron chi connectivity index (χ1n) is 5.10. The first-order valence-corrected chi connectivity index (χ1v) is 5.51. The fourth-order valence-electron chi connectivity index (χ4n) is 1.29. The molecule has 0 atom stereocenters. The van der Waals surface area contributed by atoms with E-state index in [0.717, 1.165) is 4.68 Å². The highest BCUT2D eigenvalue weighted by Crippen LogP contribution is 2.12. The average Bonchev–Trinajstić information content (AvgIpc) is 2.36. The molecule has 0 radical (unpaired) electrons. The van der Waals surface area contributed by atoms with Gasteiger partial charge >= 0.3 is 0 Å². The second-order valence-corrected chi connectivity index (χ2v) is 3.92. The molecule has 2 aromatic rings. The van der Waals surface area contributed by atoms with Gasteiger partial charge in [0.15, 0.2) is 0 Å². The average molecular weight is 262 g/mol. The molecule has 0 amide bonds. The summed E-state index contributed by atoms with van der Waals surface area (Å²) >= 11 is 4.92. The van der Waals surface area contributed by atoms with E-state index < -0.39 is 5.56 Å². The number of aromatic amines is 1. The monoisotopic (exact) mass is 262 g/mol.